The predicted molar refractivity (Wildman–Crippen MR) is 83.8 cm³/mol. The largest absolute Gasteiger partial charge is 0.450 e. The number of pyridine rings is 1. The van der Waals surface area contributed by atoms with Crippen molar-refractivity contribution in [3.05, 3.63) is 26.9 Å². The van der Waals surface area contributed by atoms with Gasteiger partial charge in [-0.25, -0.2) is 9.78 Å². The van der Waals surface area contributed by atoms with Crippen LogP contribution >= 0.6 is 15.9 Å². The number of nitro groups is 1. The Balaban J connectivity index is 1.96. The minimum absolute atomic E-state index is 0.0399. The molecule has 22 heavy (non-hydrogen) atoms. The van der Waals surface area contributed by atoms with Crippen LogP contribution in [0.1, 0.15) is 19.8 Å². The second-order valence-corrected chi connectivity index (χ2v) is 5.80. The SMILES string of the molecule is CCOC(=O)N1CCC(Nc2ncc(Br)cc2[N+](=O)[O-])CC1. The molecule has 1 N–H and O–H groups in total. The normalized spacial score (nSPS) is 15.5. The standard InChI is InChI=1S/C13H17BrN4O4/c1-2-22-13(19)17-5-3-10(4-6-17)16-12-11(18(20)21)7-9(14)8-15-12/h7-8,10H,2-6H2,1H3,(H,15,16). The summed E-state index contributed by atoms with van der Waals surface area (Å²) in [5.74, 6) is 0.253. The summed E-state index contributed by atoms with van der Waals surface area (Å²) in [4.78, 5) is 27.9. The lowest BCUT2D eigenvalue weighted by atomic mass is 10.1. The van der Waals surface area contributed by atoms with Crippen molar-refractivity contribution in [2.75, 3.05) is 25.0 Å². The van der Waals surface area contributed by atoms with E-state index in [-0.39, 0.29) is 23.6 Å². The van der Waals surface area contributed by atoms with Gasteiger partial charge >= 0.3 is 11.8 Å². The van der Waals surface area contributed by atoms with Crippen molar-refractivity contribution >= 4 is 33.5 Å². The van der Waals surface area contributed by atoms with Crippen molar-refractivity contribution in [3.63, 3.8) is 0 Å². The fourth-order valence-electron chi connectivity index (χ4n) is 2.29. The first-order chi connectivity index (χ1) is 10.5. The number of aromatic nitrogens is 1. The maximum atomic E-state index is 11.6. The van der Waals surface area contributed by atoms with Crippen LogP contribution in [0.3, 0.4) is 0 Å². The highest BCUT2D eigenvalue weighted by Crippen LogP contribution is 2.27. The zero-order chi connectivity index (χ0) is 16.1. The molecule has 2 heterocycles. The maximum absolute atomic E-state index is 11.6. The van der Waals surface area contributed by atoms with Crippen LogP contribution in [-0.4, -0.2) is 46.6 Å². The van der Waals surface area contributed by atoms with E-state index < -0.39 is 4.92 Å². The molecule has 1 aliphatic rings. The van der Waals surface area contributed by atoms with E-state index in [1.54, 1.807) is 11.8 Å². The molecule has 1 aromatic heterocycles. The number of nitrogens with one attached hydrogen (secondary N) is 1. The summed E-state index contributed by atoms with van der Waals surface area (Å²) in [7, 11) is 0. The number of anilines is 1. The molecule has 2 rings (SSSR count). The summed E-state index contributed by atoms with van der Waals surface area (Å²) in [5.41, 5.74) is -0.0674. The topological polar surface area (TPSA) is 97.6 Å². The number of nitrogens with zero attached hydrogens (tertiary/aromatic N) is 3. The third kappa shape index (κ3) is 4.06. The van der Waals surface area contributed by atoms with Crippen LogP contribution in [0.5, 0.6) is 0 Å². The average Bonchev–Trinajstić information content (AvgIpc) is 2.50. The molecule has 9 heteroatoms. The maximum Gasteiger partial charge on any atom is 0.409 e. The van der Waals surface area contributed by atoms with Gasteiger partial charge in [0.2, 0.25) is 5.82 Å². The summed E-state index contributed by atoms with van der Waals surface area (Å²) < 4.78 is 5.52. The molecular formula is C13H17BrN4O4. The molecule has 1 aliphatic heterocycles. The third-order valence-corrected chi connectivity index (χ3v) is 3.83. The molecule has 120 valence electrons. The Kier molecular flexibility index (Phi) is 5.53. The minimum Gasteiger partial charge on any atom is -0.450 e. The smallest absolute Gasteiger partial charge is 0.409 e. The van der Waals surface area contributed by atoms with Gasteiger partial charge in [0.25, 0.3) is 0 Å². The lowest BCUT2D eigenvalue weighted by Gasteiger charge is -2.31. The Hall–Kier alpha value is -1.90. The van der Waals surface area contributed by atoms with Crippen LogP contribution in [0.15, 0.2) is 16.7 Å². The van der Waals surface area contributed by atoms with Gasteiger partial charge in [0.05, 0.1) is 11.5 Å². The molecule has 0 radical (unpaired) electrons. The van der Waals surface area contributed by atoms with Crippen molar-refractivity contribution in [1.29, 1.82) is 0 Å². The molecule has 0 spiro atoms. The van der Waals surface area contributed by atoms with Crippen molar-refractivity contribution in [1.82, 2.24) is 9.88 Å². The fraction of sp³-hybridized carbons (Fsp3) is 0.538. The van der Waals surface area contributed by atoms with E-state index >= 15 is 0 Å². The highest BCUT2D eigenvalue weighted by molar-refractivity contribution is 9.10. The van der Waals surface area contributed by atoms with Gasteiger partial charge < -0.3 is 15.0 Å². The second kappa shape index (κ2) is 7.39. The quantitative estimate of drug-likeness (QED) is 0.644. The van der Waals surface area contributed by atoms with Gasteiger partial charge in [-0.15, -0.1) is 0 Å². The van der Waals surface area contributed by atoms with Crippen LogP contribution in [0.2, 0.25) is 0 Å². The Morgan fingerprint density at radius 3 is 2.86 bits per heavy atom. The summed E-state index contributed by atoms with van der Waals surface area (Å²) in [6.07, 6.45) is 2.58. The molecule has 0 atom stereocenters. The fourth-order valence-corrected chi connectivity index (χ4v) is 2.61. The number of rotatable bonds is 4. The molecule has 0 aliphatic carbocycles. The number of piperidine rings is 1. The third-order valence-electron chi connectivity index (χ3n) is 3.39. The highest BCUT2D eigenvalue weighted by atomic mass is 79.9. The number of hydrogen-bond acceptors (Lipinski definition) is 6. The first kappa shape index (κ1) is 16.5. The minimum atomic E-state index is -0.464. The highest BCUT2D eigenvalue weighted by Gasteiger charge is 2.26. The molecule has 1 fully saturated rings. The lowest BCUT2D eigenvalue weighted by Crippen LogP contribution is -2.42. The molecular weight excluding hydrogens is 356 g/mol. The van der Waals surface area contributed by atoms with Crippen LogP contribution in [0, 0.1) is 10.1 Å². The molecule has 8 nitrogen and oxygen atoms in total. The molecule has 0 saturated carbocycles. The van der Waals surface area contributed by atoms with Gasteiger partial charge in [0, 0.05) is 35.9 Å². The first-order valence-electron chi connectivity index (χ1n) is 6.99. The van der Waals surface area contributed by atoms with E-state index in [1.807, 2.05) is 0 Å². The van der Waals surface area contributed by atoms with E-state index in [0.717, 1.165) is 0 Å². The van der Waals surface area contributed by atoms with Crippen molar-refractivity contribution in [3.8, 4) is 0 Å². The van der Waals surface area contributed by atoms with Crippen molar-refractivity contribution in [2.24, 2.45) is 0 Å². The molecule has 0 aromatic carbocycles. The number of likely N-dealkylation sites (tertiary alicyclic amines) is 1. The lowest BCUT2D eigenvalue weighted by molar-refractivity contribution is -0.384. The zero-order valence-electron chi connectivity index (χ0n) is 12.1. The monoisotopic (exact) mass is 372 g/mol. The number of carbonyl (C=O) groups excluding carboxylic acids is 1. The average molecular weight is 373 g/mol. The van der Waals surface area contributed by atoms with Crippen LogP contribution in [0.4, 0.5) is 16.3 Å². The molecule has 1 saturated heterocycles. The van der Waals surface area contributed by atoms with Gasteiger partial charge in [0.1, 0.15) is 0 Å². The predicted octanol–water partition coefficient (Wildman–Crippen LogP) is 2.79. The summed E-state index contributed by atoms with van der Waals surface area (Å²) in [5, 5.41) is 14.2. The van der Waals surface area contributed by atoms with Gasteiger partial charge in [-0.05, 0) is 35.7 Å². The number of ether oxygens (including phenoxy) is 1. The van der Waals surface area contributed by atoms with Gasteiger partial charge in [-0.3, -0.25) is 10.1 Å². The first-order valence-corrected chi connectivity index (χ1v) is 7.78. The van der Waals surface area contributed by atoms with Crippen LogP contribution in [0.25, 0.3) is 0 Å². The molecule has 0 unspecified atom stereocenters. The van der Waals surface area contributed by atoms with Gasteiger partial charge in [-0.1, -0.05) is 0 Å². The Morgan fingerprint density at radius 1 is 1.59 bits per heavy atom. The molecule has 1 aromatic rings. The van der Waals surface area contributed by atoms with E-state index in [2.05, 4.69) is 26.2 Å². The van der Waals surface area contributed by atoms with E-state index in [0.29, 0.717) is 37.0 Å². The van der Waals surface area contributed by atoms with Crippen LogP contribution in [-0.2, 0) is 4.74 Å². The zero-order valence-corrected chi connectivity index (χ0v) is 13.7. The number of hydrogen-bond donors (Lipinski definition) is 1. The van der Waals surface area contributed by atoms with E-state index in [4.69, 9.17) is 4.74 Å². The number of carbonyl (C=O) groups is 1. The Labute approximate surface area is 136 Å². The van der Waals surface area contributed by atoms with Gasteiger partial charge in [-0.2, -0.15) is 0 Å². The number of amides is 1. The molecule has 1 amide bonds. The van der Waals surface area contributed by atoms with Crippen molar-refractivity contribution < 1.29 is 14.5 Å². The summed E-state index contributed by atoms with van der Waals surface area (Å²) >= 11 is 3.18. The molecule has 0 bridgehead atoms. The van der Waals surface area contributed by atoms with E-state index in [1.165, 1.54) is 12.3 Å². The number of halogens is 1. The second-order valence-electron chi connectivity index (χ2n) is 4.88. The Bertz CT molecular complexity index is 561. The van der Waals surface area contributed by atoms with Crippen LogP contribution < -0.4 is 5.32 Å². The van der Waals surface area contributed by atoms with Gasteiger partial charge in [0.15, 0.2) is 0 Å². The summed E-state index contributed by atoms with van der Waals surface area (Å²) in [6, 6.07) is 1.46. The Morgan fingerprint density at radius 2 is 2.27 bits per heavy atom. The van der Waals surface area contributed by atoms with E-state index in [9.17, 15) is 14.9 Å². The summed E-state index contributed by atoms with van der Waals surface area (Å²) in [6.45, 7) is 3.23. The van der Waals surface area contributed by atoms with Crippen molar-refractivity contribution in [2.45, 2.75) is 25.8 Å².